The summed E-state index contributed by atoms with van der Waals surface area (Å²) in [5, 5.41) is 3.05. The second kappa shape index (κ2) is 9.01. The number of nitrogens with zero attached hydrogens (tertiary/aromatic N) is 2. The van der Waals surface area contributed by atoms with E-state index in [1.807, 2.05) is 60.0 Å². The molecular formula is C25H25N3O4. The van der Waals surface area contributed by atoms with E-state index in [9.17, 15) is 4.79 Å². The Balaban J connectivity index is 1.71. The first-order chi connectivity index (χ1) is 15.5. The number of aromatic nitrogens is 2. The Hall–Kier alpha value is -4.00. The van der Waals surface area contributed by atoms with Crippen LogP contribution in [0.3, 0.4) is 0 Å². The van der Waals surface area contributed by atoms with Crippen molar-refractivity contribution in [2.75, 3.05) is 26.6 Å². The molecule has 0 aliphatic rings. The number of imidazole rings is 1. The Kier molecular flexibility index (Phi) is 5.98. The lowest BCUT2D eigenvalue weighted by atomic mass is 10.1. The van der Waals surface area contributed by atoms with Gasteiger partial charge in [-0.15, -0.1) is 0 Å². The number of carbonyl (C=O) groups excluding carboxylic acids is 1. The van der Waals surface area contributed by atoms with Gasteiger partial charge in [-0.2, -0.15) is 0 Å². The number of hydrogen-bond acceptors (Lipinski definition) is 5. The van der Waals surface area contributed by atoms with Gasteiger partial charge in [0.2, 0.25) is 11.7 Å². The number of amides is 1. The van der Waals surface area contributed by atoms with Crippen molar-refractivity contribution in [2.45, 2.75) is 13.3 Å². The Morgan fingerprint density at radius 3 is 2.41 bits per heavy atom. The fourth-order valence-electron chi connectivity index (χ4n) is 3.71. The number of fused-ring (bicyclic) bond motifs is 1. The normalized spacial score (nSPS) is 10.8. The highest BCUT2D eigenvalue weighted by atomic mass is 16.5. The molecule has 0 radical (unpaired) electrons. The van der Waals surface area contributed by atoms with Crippen LogP contribution in [0.15, 0.2) is 60.8 Å². The number of methoxy groups -OCH3 is 3. The Morgan fingerprint density at radius 1 is 0.969 bits per heavy atom. The van der Waals surface area contributed by atoms with Crippen molar-refractivity contribution < 1.29 is 19.0 Å². The molecule has 1 N–H and O–H groups in total. The van der Waals surface area contributed by atoms with Crippen LogP contribution < -0.4 is 19.5 Å². The lowest BCUT2D eigenvalue weighted by Crippen LogP contribution is -2.17. The highest BCUT2D eigenvalue weighted by molar-refractivity contribution is 5.96. The van der Waals surface area contributed by atoms with Crippen LogP contribution in [-0.4, -0.2) is 36.6 Å². The van der Waals surface area contributed by atoms with Crippen LogP contribution in [0.25, 0.3) is 16.9 Å². The number of nitrogens with one attached hydrogen (secondary N) is 1. The summed E-state index contributed by atoms with van der Waals surface area (Å²) in [5.74, 6) is 1.89. The predicted molar refractivity (Wildman–Crippen MR) is 124 cm³/mol. The van der Waals surface area contributed by atoms with E-state index in [-0.39, 0.29) is 12.3 Å². The fourth-order valence-corrected chi connectivity index (χ4v) is 3.71. The van der Waals surface area contributed by atoms with Gasteiger partial charge >= 0.3 is 0 Å². The van der Waals surface area contributed by atoms with Gasteiger partial charge in [-0.3, -0.25) is 9.20 Å². The molecule has 1 amide bonds. The van der Waals surface area contributed by atoms with Crippen LogP contribution in [-0.2, 0) is 11.2 Å². The number of benzene rings is 2. The Bertz CT molecular complexity index is 1270. The zero-order chi connectivity index (χ0) is 22.7. The van der Waals surface area contributed by atoms with E-state index in [1.54, 1.807) is 26.4 Å². The van der Waals surface area contributed by atoms with Gasteiger partial charge in [-0.05, 0) is 30.7 Å². The molecule has 0 saturated heterocycles. The average Bonchev–Trinajstić information content (AvgIpc) is 3.16. The molecule has 4 aromatic rings. The molecule has 2 aromatic heterocycles. The van der Waals surface area contributed by atoms with E-state index >= 15 is 0 Å². The van der Waals surface area contributed by atoms with Gasteiger partial charge in [-0.25, -0.2) is 4.98 Å². The summed E-state index contributed by atoms with van der Waals surface area (Å²) >= 11 is 0. The number of carbonyl (C=O) groups is 1. The second-order valence-electron chi connectivity index (χ2n) is 7.33. The summed E-state index contributed by atoms with van der Waals surface area (Å²) in [6, 6.07) is 17.3. The third-order valence-electron chi connectivity index (χ3n) is 5.22. The SMILES string of the molecule is COc1ccc(CC(=O)Nc2c(-c3ccccc3)nc3cc(C)ccn23)c(OC)c1OC. The van der Waals surface area contributed by atoms with Crippen molar-refractivity contribution in [2.24, 2.45) is 0 Å². The van der Waals surface area contributed by atoms with Crippen molar-refractivity contribution in [1.29, 1.82) is 0 Å². The molecule has 7 nitrogen and oxygen atoms in total. The smallest absolute Gasteiger partial charge is 0.230 e. The van der Waals surface area contributed by atoms with Gasteiger partial charge in [0.15, 0.2) is 11.5 Å². The molecule has 0 atom stereocenters. The number of ether oxygens (including phenoxy) is 3. The van der Waals surface area contributed by atoms with Crippen LogP contribution in [0.5, 0.6) is 17.2 Å². The van der Waals surface area contributed by atoms with Crippen molar-refractivity contribution in [3.8, 4) is 28.5 Å². The summed E-state index contributed by atoms with van der Waals surface area (Å²) in [7, 11) is 4.64. The molecule has 0 spiro atoms. The third kappa shape index (κ3) is 3.97. The molecule has 4 rings (SSSR count). The van der Waals surface area contributed by atoms with Crippen LogP contribution in [0.1, 0.15) is 11.1 Å². The number of aryl methyl sites for hydroxylation is 1. The molecule has 0 saturated carbocycles. The first kappa shape index (κ1) is 21.2. The largest absolute Gasteiger partial charge is 0.493 e. The number of rotatable bonds is 7. The van der Waals surface area contributed by atoms with Gasteiger partial charge in [0.05, 0.1) is 27.8 Å². The van der Waals surface area contributed by atoms with Crippen LogP contribution in [0, 0.1) is 6.92 Å². The molecule has 0 aliphatic carbocycles. The van der Waals surface area contributed by atoms with E-state index in [2.05, 4.69) is 5.32 Å². The quantitative estimate of drug-likeness (QED) is 0.466. The molecule has 32 heavy (non-hydrogen) atoms. The molecule has 0 aliphatic heterocycles. The van der Waals surface area contributed by atoms with Gasteiger partial charge < -0.3 is 19.5 Å². The highest BCUT2D eigenvalue weighted by Crippen LogP contribution is 2.40. The van der Waals surface area contributed by atoms with Gasteiger partial charge in [0.25, 0.3) is 0 Å². The maximum absolute atomic E-state index is 13.1. The fraction of sp³-hybridized carbons (Fsp3) is 0.200. The summed E-state index contributed by atoms with van der Waals surface area (Å²) < 4.78 is 18.2. The van der Waals surface area contributed by atoms with Gasteiger partial charge in [0.1, 0.15) is 17.2 Å². The van der Waals surface area contributed by atoms with Crippen LogP contribution >= 0.6 is 0 Å². The second-order valence-corrected chi connectivity index (χ2v) is 7.33. The topological polar surface area (TPSA) is 74.1 Å². The third-order valence-corrected chi connectivity index (χ3v) is 5.22. The maximum Gasteiger partial charge on any atom is 0.230 e. The molecule has 164 valence electrons. The maximum atomic E-state index is 13.1. The number of anilines is 1. The van der Waals surface area contributed by atoms with E-state index in [4.69, 9.17) is 19.2 Å². The molecular weight excluding hydrogens is 406 g/mol. The average molecular weight is 431 g/mol. The number of hydrogen-bond donors (Lipinski definition) is 1. The van der Waals surface area contributed by atoms with Gasteiger partial charge in [-0.1, -0.05) is 36.4 Å². The predicted octanol–water partition coefficient (Wildman–Crippen LogP) is 4.52. The summed E-state index contributed by atoms with van der Waals surface area (Å²) in [4.78, 5) is 17.9. The molecule has 0 bridgehead atoms. The van der Waals surface area contributed by atoms with E-state index in [0.29, 0.717) is 34.3 Å². The van der Waals surface area contributed by atoms with E-state index in [0.717, 1.165) is 16.8 Å². The molecule has 0 fully saturated rings. The first-order valence-electron chi connectivity index (χ1n) is 10.2. The van der Waals surface area contributed by atoms with E-state index < -0.39 is 0 Å². The molecule has 7 heteroatoms. The van der Waals surface area contributed by atoms with Crippen molar-refractivity contribution in [3.63, 3.8) is 0 Å². The summed E-state index contributed by atoms with van der Waals surface area (Å²) in [5.41, 5.74) is 4.18. The zero-order valence-electron chi connectivity index (χ0n) is 18.5. The minimum atomic E-state index is -0.199. The van der Waals surface area contributed by atoms with Crippen molar-refractivity contribution >= 4 is 17.4 Å². The van der Waals surface area contributed by atoms with Gasteiger partial charge in [0, 0.05) is 17.3 Å². The Labute approximate surface area is 186 Å². The first-order valence-corrected chi connectivity index (χ1v) is 10.2. The lowest BCUT2D eigenvalue weighted by Gasteiger charge is -2.16. The minimum absolute atomic E-state index is 0.0941. The van der Waals surface area contributed by atoms with Crippen LogP contribution in [0.4, 0.5) is 5.82 Å². The Morgan fingerprint density at radius 2 is 1.72 bits per heavy atom. The summed E-state index contributed by atoms with van der Waals surface area (Å²) in [6.07, 6.45) is 2.01. The zero-order valence-corrected chi connectivity index (χ0v) is 18.5. The van der Waals surface area contributed by atoms with Crippen LogP contribution in [0.2, 0.25) is 0 Å². The molecule has 2 heterocycles. The molecule has 2 aromatic carbocycles. The highest BCUT2D eigenvalue weighted by Gasteiger charge is 2.20. The minimum Gasteiger partial charge on any atom is -0.493 e. The van der Waals surface area contributed by atoms with Crippen molar-refractivity contribution in [3.05, 3.63) is 71.9 Å². The number of pyridine rings is 1. The van der Waals surface area contributed by atoms with E-state index in [1.165, 1.54) is 7.11 Å². The lowest BCUT2D eigenvalue weighted by molar-refractivity contribution is -0.115. The van der Waals surface area contributed by atoms with Crippen molar-refractivity contribution in [1.82, 2.24) is 9.38 Å². The standard InChI is InChI=1S/C25H25N3O4/c1-16-12-13-28-20(14-16)26-22(17-8-6-5-7-9-17)25(28)27-21(29)15-18-10-11-19(30-2)24(32-4)23(18)31-3/h5-14H,15H2,1-4H3,(H,27,29). The summed E-state index contributed by atoms with van der Waals surface area (Å²) in [6.45, 7) is 2.01. The molecule has 0 unspecified atom stereocenters. The monoisotopic (exact) mass is 431 g/mol.